The van der Waals surface area contributed by atoms with Crippen LogP contribution >= 0.6 is 0 Å². The molecule has 0 fully saturated rings. The van der Waals surface area contributed by atoms with Crippen LogP contribution in [0.5, 0.6) is 0 Å². The first-order valence-corrected chi connectivity index (χ1v) is 5.24. The van der Waals surface area contributed by atoms with Crippen LogP contribution in [0.3, 0.4) is 0 Å². The Balaban J connectivity index is 2.35. The minimum absolute atomic E-state index is 0.437. The van der Waals surface area contributed by atoms with E-state index in [0.717, 1.165) is 5.69 Å². The van der Waals surface area contributed by atoms with Crippen molar-refractivity contribution in [2.24, 2.45) is 0 Å². The molecule has 0 aliphatic heterocycles. The van der Waals surface area contributed by atoms with Gasteiger partial charge in [0.1, 0.15) is 18.0 Å². The molecular formula is C13H12N4. The zero-order chi connectivity index (χ0) is 12.3. The van der Waals surface area contributed by atoms with Crippen LogP contribution in [0.25, 0.3) is 0 Å². The van der Waals surface area contributed by atoms with Gasteiger partial charge < -0.3 is 5.32 Å². The van der Waals surface area contributed by atoms with Crippen molar-refractivity contribution in [3.05, 3.63) is 47.4 Å². The van der Waals surface area contributed by atoms with E-state index in [1.165, 1.54) is 23.7 Å². The molecule has 2 aromatic rings. The largest absolute Gasteiger partial charge is 0.339 e. The molecule has 0 amide bonds. The second-order valence-corrected chi connectivity index (χ2v) is 3.90. The van der Waals surface area contributed by atoms with E-state index in [-0.39, 0.29) is 0 Å². The summed E-state index contributed by atoms with van der Waals surface area (Å²) >= 11 is 0. The van der Waals surface area contributed by atoms with Crippen LogP contribution < -0.4 is 5.32 Å². The highest BCUT2D eigenvalue weighted by molar-refractivity contribution is 5.63. The number of nitrogens with one attached hydrogen (secondary N) is 1. The number of benzene rings is 1. The molecule has 1 aromatic carbocycles. The fourth-order valence-electron chi connectivity index (χ4n) is 1.69. The van der Waals surface area contributed by atoms with Gasteiger partial charge in [0, 0.05) is 5.69 Å². The fourth-order valence-corrected chi connectivity index (χ4v) is 1.69. The van der Waals surface area contributed by atoms with Crippen LogP contribution in [-0.4, -0.2) is 9.97 Å². The molecule has 0 saturated carbocycles. The molecule has 1 N–H and O–H groups in total. The normalized spacial score (nSPS) is 9.71. The number of aryl methyl sites for hydroxylation is 2. The van der Waals surface area contributed by atoms with Crippen molar-refractivity contribution < 1.29 is 0 Å². The lowest BCUT2D eigenvalue weighted by atomic mass is 10.1. The van der Waals surface area contributed by atoms with Crippen molar-refractivity contribution in [1.29, 1.82) is 5.26 Å². The summed E-state index contributed by atoms with van der Waals surface area (Å²) in [6.07, 6.45) is 2.92. The number of aromatic nitrogens is 2. The summed E-state index contributed by atoms with van der Waals surface area (Å²) in [7, 11) is 0. The molecule has 0 spiro atoms. The third-order valence-corrected chi connectivity index (χ3v) is 2.32. The van der Waals surface area contributed by atoms with Crippen LogP contribution in [0.15, 0.2) is 30.7 Å². The number of hydrogen-bond donors (Lipinski definition) is 1. The zero-order valence-electron chi connectivity index (χ0n) is 9.73. The first kappa shape index (κ1) is 11.1. The molecule has 0 radical (unpaired) electrons. The second kappa shape index (κ2) is 4.62. The standard InChI is InChI=1S/C13H12N4/c1-9-3-10(2)5-12(4-9)17-13-11(6-14)7-15-8-16-13/h3-5,7-8H,1-2H3,(H,15,16,17). The van der Waals surface area contributed by atoms with E-state index in [1.807, 2.05) is 26.0 Å². The fraction of sp³-hybridized carbons (Fsp3) is 0.154. The van der Waals surface area contributed by atoms with Gasteiger partial charge in [0.05, 0.1) is 6.20 Å². The number of rotatable bonds is 2. The summed E-state index contributed by atoms with van der Waals surface area (Å²) in [6.45, 7) is 4.06. The van der Waals surface area contributed by atoms with Gasteiger partial charge in [-0.15, -0.1) is 0 Å². The highest BCUT2D eigenvalue weighted by Crippen LogP contribution is 2.19. The van der Waals surface area contributed by atoms with E-state index in [1.54, 1.807) is 0 Å². The lowest BCUT2D eigenvalue weighted by Gasteiger charge is -2.08. The molecular weight excluding hydrogens is 212 g/mol. The van der Waals surface area contributed by atoms with Crippen molar-refractivity contribution in [2.75, 3.05) is 5.32 Å². The Morgan fingerprint density at radius 1 is 1.18 bits per heavy atom. The van der Waals surface area contributed by atoms with Crippen LogP contribution in [0.1, 0.15) is 16.7 Å². The maximum Gasteiger partial charge on any atom is 0.151 e. The van der Waals surface area contributed by atoms with Crippen LogP contribution in [0.2, 0.25) is 0 Å². The molecule has 0 aliphatic rings. The van der Waals surface area contributed by atoms with Gasteiger partial charge in [-0.25, -0.2) is 9.97 Å². The predicted molar refractivity (Wildman–Crippen MR) is 65.9 cm³/mol. The van der Waals surface area contributed by atoms with E-state index >= 15 is 0 Å². The van der Waals surface area contributed by atoms with E-state index in [9.17, 15) is 0 Å². The lowest BCUT2D eigenvalue weighted by Crippen LogP contribution is -1.98. The van der Waals surface area contributed by atoms with E-state index < -0.39 is 0 Å². The second-order valence-electron chi connectivity index (χ2n) is 3.90. The van der Waals surface area contributed by atoms with Gasteiger partial charge >= 0.3 is 0 Å². The molecule has 1 aromatic heterocycles. The third kappa shape index (κ3) is 2.58. The van der Waals surface area contributed by atoms with Gasteiger partial charge in [-0.1, -0.05) is 6.07 Å². The number of anilines is 2. The smallest absolute Gasteiger partial charge is 0.151 e. The SMILES string of the molecule is Cc1cc(C)cc(Nc2ncncc2C#N)c1. The Morgan fingerprint density at radius 3 is 2.53 bits per heavy atom. The Labute approximate surface area is 100.0 Å². The highest BCUT2D eigenvalue weighted by atomic mass is 15.0. The minimum Gasteiger partial charge on any atom is -0.339 e. The molecule has 0 unspecified atom stereocenters. The van der Waals surface area contributed by atoms with Crippen LogP contribution in [-0.2, 0) is 0 Å². The summed E-state index contributed by atoms with van der Waals surface area (Å²) in [5.74, 6) is 0.535. The van der Waals surface area contributed by atoms with Gasteiger partial charge in [-0.3, -0.25) is 0 Å². The molecule has 84 valence electrons. The predicted octanol–water partition coefficient (Wildman–Crippen LogP) is 2.71. The van der Waals surface area contributed by atoms with Crippen molar-refractivity contribution >= 4 is 11.5 Å². The number of nitrogens with zero attached hydrogens (tertiary/aromatic N) is 3. The Bertz CT molecular complexity index is 564. The number of hydrogen-bond acceptors (Lipinski definition) is 4. The maximum atomic E-state index is 8.94. The summed E-state index contributed by atoms with van der Waals surface area (Å²) < 4.78 is 0. The van der Waals surface area contributed by atoms with Gasteiger partial charge in [0.25, 0.3) is 0 Å². The highest BCUT2D eigenvalue weighted by Gasteiger charge is 2.03. The van der Waals surface area contributed by atoms with Gasteiger partial charge in [0.2, 0.25) is 0 Å². The third-order valence-electron chi connectivity index (χ3n) is 2.32. The Morgan fingerprint density at radius 2 is 1.88 bits per heavy atom. The molecule has 0 aliphatic carbocycles. The molecule has 4 nitrogen and oxygen atoms in total. The first-order valence-electron chi connectivity index (χ1n) is 5.24. The first-order chi connectivity index (χ1) is 8.19. The molecule has 0 atom stereocenters. The molecule has 0 saturated heterocycles. The number of nitriles is 1. The Kier molecular flexibility index (Phi) is 3.01. The van der Waals surface area contributed by atoms with Crippen molar-refractivity contribution in [2.45, 2.75) is 13.8 Å². The van der Waals surface area contributed by atoms with E-state index in [4.69, 9.17) is 5.26 Å². The molecule has 0 bridgehead atoms. The molecule has 2 rings (SSSR count). The average molecular weight is 224 g/mol. The lowest BCUT2D eigenvalue weighted by molar-refractivity contribution is 1.15. The van der Waals surface area contributed by atoms with E-state index in [2.05, 4.69) is 27.4 Å². The minimum atomic E-state index is 0.437. The maximum absolute atomic E-state index is 8.94. The molecule has 1 heterocycles. The van der Waals surface area contributed by atoms with Gasteiger partial charge in [-0.05, 0) is 37.1 Å². The quantitative estimate of drug-likeness (QED) is 0.851. The van der Waals surface area contributed by atoms with E-state index in [0.29, 0.717) is 11.4 Å². The average Bonchev–Trinajstić information content (AvgIpc) is 2.28. The summed E-state index contributed by atoms with van der Waals surface area (Å²) in [5.41, 5.74) is 3.70. The van der Waals surface area contributed by atoms with Gasteiger partial charge in [0.15, 0.2) is 5.82 Å². The Hall–Kier alpha value is -2.41. The monoisotopic (exact) mass is 224 g/mol. The molecule has 4 heteroatoms. The summed E-state index contributed by atoms with van der Waals surface area (Å²) in [4.78, 5) is 7.88. The van der Waals surface area contributed by atoms with Gasteiger partial charge in [-0.2, -0.15) is 5.26 Å². The topological polar surface area (TPSA) is 61.6 Å². The zero-order valence-corrected chi connectivity index (χ0v) is 9.73. The van der Waals surface area contributed by atoms with Crippen molar-refractivity contribution in [1.82, 2.24) is 9.97 Å². The van der Waals surface area contributed by atoms with Crippen molar-refractivity contribution in [3.8, 4) is 6.07 Å². The van der Waals surface area contributed by atoms with Crippen LogP contribution in [0, 0.1) is 25.2 Å². The van der Waals surface area contributed by atoms with Crippen LogP contribution in [0.4, 0.5) is 11.5 Å². The summed E-state index contributed by atoms with van der Waals surface area (Å²) in [5, 5.41) is 12.1. The molecule has 17 heavy (non-hydrogen) atoms. The van der Waals surface area contributed by atoms with Crippen molar-refractivity contribution in [3.63, 3.8) is 0 Å². The summed E-state index contributed by atoms with van der Waals surface area (Å²) in [6, 6.07) is 8.17.